The number of benzene rings is 1. The summed E-state index contributed by atoms with van der Waals surface area (Å²) in [6.45, 7) is 2.34. The second kappa shape index (κ2) is 5.38. The van der Waals surface area contributed by atoms with E-state index in [0.29, 0.717) is 18.0 Å². The monoisotopic (exact) mass is 269 g/mol. The molecule has 0 amide bonds. The highest BCUT2D eigenvalue weighted by Gasteiger charge is 2.30. The van der Waals surface area contributed by atoms with Gasteiger partial charge in [0.25, 0.3) is 0 Å². The SMILES string of the molecule is CCc1ccc(CNc2cccc(C(F)(F)F)c2)o1. The molecule has 0 aliphatic rings. The standard InChI is InChI=1S/C14H14F3NO/c1-2-12-6-7-13(19-12)9-18-11-5-3-4-10(8-11)14(15,16)17/h3-8,18H,2,9H2,1H3. The minimum atomic E-state index is -4.32. The van der Waals surface area contributed by atoms with Crippen molar-refractivity contribution in [1.29, 1.82) is 0 Å². The number of furan rings is 1. The number of alkyl halides is 3. The lowest BCUT2D eigenvalue weighted by atomic mass is 10.2. The predicted octanol–water partition coefficient (Wildman–Crippen LogP) is 4.47. The van der Waals surface area contributed by atoms with Gasteiger partial charge in [0.1, 0.15) is 11.5 Å². The molecule has 0 atom stereocenters. The average Bonchev–Trinajstić information content (AvgIpc) is 2.84. The van der Waals surface area contributed by atoms with E-state index in [9.17, 15) is 13.2 Å². The first-order chi connectivity index (χ1) is 8.99. The molecular weight excluding hydrogens is 255 g/mol. The zero-order chi connectivity index (χ0) is 13.9. The van der Waals surface area contributed by atoms with Crippen LogP contribution < -0.4 is 5.32 Å². The van der Waals surface area contributed by atoms with Crippen LogP contribution in [0.2, 0.25) is 0 Å². The lowest BCUT2D eigenvalue weighted by Gasteiger charge is -2.09. The molecule has 2 rings (SSSR count). The third kappa shape index (κ3) is 3.53. The van der Waals surface area contributed by atoms with E-state index >= 15 is 0 Å². The largest absolute Gasteiger partial charge is 0.464 e. The van der Waals surface area contributed by atoms with Gasteiger partial charge in [-0.25, -0.2) is 0 Å². The van der Waals surface area contributed by atoms with Crippen LogP contribution in [0.3, 0.4) is 0 Å². The van der Waals surface area contributed by atoms with E-state index < -0.39 is 11.7 Å². The quantitative estimate of drug-likeness (QED) is 0.885. The van der Waals surface area contributed by atoms with Crippen molar-refractivity contribution in [2.75, 3.05) is 5.32 Å². The normalized spacial score (nSPS) is 11.6. The highest BCUT2D eigenvalue weighted by Crippen LogP contribution is 2.30. The minimum Gasteiger partial charge on any atom is -0.464 e. The van der Waals surface area contributed by atoms with Crippen molar-refractivity contribution in [1.82, 2.24) is 0 Å². The summed E-state index contributed by atoms with van der Waals surface area (Å²) >= 11 is 0. The van der Waals surface area contributed by atoms with Gasteiger partial charge in [0.15, 0.2) is 0 Å². The zero-order valence-electron chi connectivity index (χ0n) is 10.4. The van der Waals surface area contributed by atoms with Gasteiger partial charge in [-0.15, -0.1) is 0 Å². The Morgan fingerprint density at radius 3 is 2.47 bits per heavy atom. The Balaban J connectivity index is 2.03. The Bertz CT molecular complexity index is 546. The second-order valence-electron chi connectivity index (χ2n) is 4.15. The molecule has 0 bridgehead atoms. The Hall–Kier alpha value is -1.91. The number of halogens is 3. The van der Waals surface area contributed by atoms with Gasteiger partial charge in [-0.3, -0.25) is 0 Å². The van der Waals surface area contributed by atoms with Crippen LogP contribution in [-0.4, -0.2) is 0 Å². The fourth-order valence-electron chi connectivity index (χ4n) is 1.70. The molecule has 0 aliphatic carbocycles. The molecule has 2 aromatic rings. The summed E-state index contributed by atoms with van der Waals surface area (Å²) in [5.41, 5.74) is -0.240. The van der Waals surface area contributed by atoms with Gasteiger partial charge in [0.2, 0.25) is 0 Å². The van der Waals surface area contributed by atoms with E-state index in [1.165, 1.54) is 6.07 Å². The van der Waals surface area contributed by atoms with Gasteiger partial charge in [-0.05, 0) is 30.3 Å². The molecule has 1 aromatic carbocycles. The number of hydrogen-bond acceptors (Lipinski definition) is 2. The summed E-state index contributed by atoms with van der Waals surface area (Å²) < 4.78 is 43.1. The molecule has 1 heterocycles. The number of aryl methyl sites for hydroxylation is 1. The molecule has 0 saturated heterocycles. The maximum absolute atomic E-state index is 12.5. The van der Waals surface area contributed by atoms with Crippen molar-refractivity contribution < 1.29 is 17.6 Å². The number of nitrogens with one attached hydrogen (secondary N) is 1. The van der Waals surface area contributed by atoms with Crippen molar-refractivity contribution in [3.63, 3.8) is 0 Å². The van der Waals surface area contributed by atoms with E-state index in [0.717, 1.165) is 24.3 Å². The van der Waals surface area contributed by atoms with Gasteiger partial charge < -0.3 is 9.73 Å². The predicted molar refractivity (Wildman–Crippen MR) is 66.9 cm³/mol. The number of anilines is 1. The maximum Gasteiger partial charge on any atom is 0.416 e. The van der Waals surface area contributed by atoms with Crippen molar-refractivity contribution in [2.24, 2.45) is 0 Å². The molecule has 5 heteroatoms. The second-order valence-corrected chi connectivity index (χ2v) is 4.15. The van der Waals surface area contributed by atoms with Gasteiger partial charge in [0, 0.05) is 12.1 Å². The van der Waals surface area contributed by atoms with Gasteiger partial charge >= 0.3 is 6.18 Å². The van der Waals surface area contributed by atoms with Gasteiger partial charge in [-0.1, -0.05) is 13.0 Å². The Morgan fingerprint density at radius 2 is 1.84 bits per heavy atom. The molecule has 1 N–H and O–H groups in total. The van der Waals surface area contributed by atoms with Crippen molar-refractivity contribution in [3.05, 3.63) is 53.5 Å². The van der Waals surface area contributed by atoms with Gasteiger partial charge in [0.05, 0.1) is 12.1 Å². The van der Waals surface area contributed by atoms with E-state index in [2.05, 4.69) is 5.32 Å². The molecule has 0 unspecified atom stereocenters. The van der Waals surface area contributed by atoms with Crippen LogP contribution in [-0.2, 0) is 19.1 Å². The Morgan fingerprint density at radius 1 is 1.11 bits per heavy atom. The molecule has 1 aromatic heterocycles. The van der Waals surface area contributed by atoms with E-state index in [4.69, 9.17) is 4.42 Å². The molecule has 0 saturated carbocycles. The lowest BCUT2D eigenvalue weighted by molar-refractivity contribution is -0.137. The molecule has 0 aliphatic heterocycles. The smallest absolute Gasteiger partial charge is 0.416 e. The van der Waals surface area contributed by atoms with Crippen LogP contribution in [0.5, 0.6) is 0 Å². The minimum absolute atomic E-state index is 0.362. The van der Waals surface area contributed by atoms with Crippen LogP contribution >= 0.6 is 0 Å². The van der Waals surface area contributed by atoms with Crippen LogP contribution in [0, 0.1) is 0 Å². The highest BCUT2D eigenvalue weighted by molar-refractivity contribution is 5.46. The lowest BCUT2D eigenvalue weighted by Crippen LogP contribution is -2.06. The molecule has 19 heavy (non-hydrogen) atoms. The summed E-state index contributed by atoms with van der Waals surface area (Å²) in [6, 6.07) is 8.79. The highest BCUT2D eigenvalue weighted by atomic mass is 19.4. The van der Waals surface area contributed by atoms with E-state index in [1.807, 2.05) is 19.1 Å². The number of rotatable bonds is 4. The average molecular weight is 269 g/mol. The summed E-state index contributed by atoms with van der Waals surface area (Å²) in [7, 11) is 0. The molecule has 2 nitrogen and oxygen atoms in total. The van der Waals surface area contributed by atoms with Crippen molar-refractivity contribution >= 4 is 5.69 Å². The summed E-state index contributed by atoms with van der Waals surface area (Å²) in [4.78, 5) is 0. The molecule has 0 spiro atoms. The van der Waals surface area contributed by atoms with E-state index in [1.54, 1.807) is 6.07 Å². The van der Waals surface area contributed by atoms with Gasteiger partial charge in [-0.2, -0.15) is 13.2 Å². The van der Waals surface area contributed by atoms with Crippen molar-refractivity contribution in [3.8, 4) is 0 Å². The fourth-order valence-corrected chi connectivity index (χ4v) is 1.70. The first-order valence-corrected chi connectivity index (χ1v) is 5.98. The summed E-state index contributed by atoms with van der Waals surface area (Å²) in [6.07, 6.45) is -3.53. The third-order valence-electron chi connectivity index (χ3n) is 2.72. The Labute approximate surface area is 109 Å². The number of hydrogen-bond donors (Lipinski definition) is 1. The molecule has 0 fully saturated rings. The molecular formula is C14H14F3NO. The maximum atomic E-state index is 12.5. The third-order valence-corrected chi connectivity index (χ3v) is 2.72. The van der Waals surface area contributed by atoms with E-state index in [-0.39, 0.29) is 0 Å². The van der Waals surface area contributed by atoms with Crippen LogP contribution in [0.4, 0.5) is 18.9 Å². The summed E-state index contributed by atoms with van der Waals surface area (Å²) in [5.74, 6) is 1.56. The topological polar surface area (TPSA) is 25.2 Å². The van der Waals surface area contributed by atoms with Crippen LogP contribution in [0.1, 0.15) is 24.0 Å². The van der Waals surface area contributed by atoms with Crippen LogP contribution in [0.25, 0.3) is 0 Å². The van der Waals surface area contributed by atoms with Crippen molar-refractivity contribution in [2.45, 2.75) is 26.1 Å². The fraction of sp³-hybridized carbons (Fsp3) is 0.286. The Kier molecular flexibility index (Phi) is 3.83. The molecule has 0 radical (unpaired) electrons. The summed E-state index contributed by atoms with van der Waals surface area (Å²) in [5, 5.41) is 2.92. The molecule has 102 valence electrons. The first kappa shape index (κ1) is 13.5. The first-order valence-electron chi connectivity index (χ1n) is 5.98. The zero-order valence-corrected chi connectivity index (χ0v) is 10.4. The van der Waals surface area contributed by atoms with Crippen LogP contribution in [0.15, 0.2) is 40.8 Å².